The van der Waals surface area contributed by atoms with E-state index in [1.54, 1.807) is 0 Å². The summed E-state index contributed by atoms with van der Waals surface area (Å²) < 4.78 is 10.6. The van der Waals surface area contributed by atoms with E-state index in [0.29, 0.717) is 12.8 Å². The van der Waals surface area contributed by atoms with E-state index in [-0.39, 0.29) is 0 Å². The van der Waals surface area contributed by atoms with Crippen LogP contribution < -0.4 is 14.8 Å². The second-order valence-corrected chi connectivity index (χ2v) is 3.78. The van der Waals surface area contributed by atoms with Gasteiger partial charge in [0.2, 0.25) is 6.79 Å². The predicted molar refractivity (Wildman–Crippen MR) is 59.7 cm³/mol. The Morgan fingerprint density at radius 2 is 2.07 bits per heavy atom. The maximum Gasteiger partial charge on any atom is 0.231 e. The van der Waals surface area contributed by atoms with E-state index in [0.717, 1.165) is 24.5 Å². The largest absolute Gasteiger partial charge is 0.454 e. The zero-order valence-electron chi connectivity index (χ0n) is 8.68. The van der Waals surface area contributed by atoms with Gasteiger partial charge in [0, 0.05) is 6.54 Å². The molecule has 0 aliphatic carbocycles. The number of aryl methyl sites for hydroxylation is 1. The van der Waals surface area contributed by atoms with Crippen molar-refractivity contribution in [3.63, 3.8) is 0 Å². The summed E-state index contributed by atoms with van der Waals surface area (Å²) >= 11 is 5.55. The fourth-order valence-corrected chi connectivity index (χ4v) is 1.78. The maximum atomic E-state index is 5.55. The molecule has 1 aromatic carbocycles. The molecule has 0 saturated carbocycles. The molecule has 0 bridgehead atoms. The van der Waals surface area contributed by atoms with Crippen LogP contribution in [0.1, 0.15) is 11.1 Å². The molecule has 1 aliphatic rings. The Labute approximate surface area is 94.3 Å². The summed E-state index contributed by atoms with van der Waals surface area (Å²) in [5.41, 5.74) is 2.51. The SMILES string of the molecule is Cc1cc2c(cc1CCNCCl)OCO2. The summed E-state index contributed by atoms with van der Waals surface area (Å²) in [5, 5.41) is 3.09. The second-order valence-electron chi connectivity index (χ2n) is 3.52. The van der Waals surface area contributed by atoms with E-state index in [9.17, 15) is 0 Å². The number of hydrogen-bond acceptors (Lipinski definition) is 3. The van der Waals surface area contributed by atoms with Crippen LogP contribution in [0.4, 0.5) is 0 Å². The highest BCUT2D eigenvalue weighted by Gasteiger charge is 2.15. The molecule has 4 heteroatoms. The molecule has 1 aromatic rings. The van der Waals surface area contributed by atoms with Crippen LogP contribution in [0, 0.1) is 6.92 Å². The third kappa shape index (κ3) is 2.36. The first kappa shape index (κ1) is 10.6. The normalized spacial score (nSPS) is 13.2. The van der Waals surface area contributed by atoms with Crippen LogP contribution in [-0.4, -0.2) is 19.3 Å². The molecular weight excluding hydrogens is 214 g/mol. The molecule has 1 N–H and O–H groups in total. The molecule has 0 radical (unpaired) electrons. The first-order valence-electron chi connectivity index (χ1n) is 4.97. The standard InChI is InChI=1S/C11H14ClNO2/c1-8-4-10-11(15-7-14-10)5-9(8)2-3-13-6-12/h4-5,13H,2-3,6-7H2,1H3. The molecule has 1 heterocycles. The molecule has 0 unspecified atom stereocenters. The van der Waals surface area contributed by atoms with E-state index in [1.165, 1.54) is 11.1 Å². The Kier molecular flexibility index (Phi) is 3.34. The van der Waals surface area contributed by atoms with Gasteiger partial charge in [-0.3, -0.25) is 0 Å². The summed E-state index contributed by atoms with van der Waals surface area (Å²) in [6.45, 7) is 3.29. The van der Waals surface area contributed by atoms with Gasteiger partial charge in [0.05, 0.1) is 6.00 Å². The molecule has 1 aliphatic heterocycles. The van der Waals surface area contributed by atoms with Gasteiger partial charge in [-0.2, -0.15) is 0 Å². The minimum Gasteiger partial charge on any atom is -0.454 e. The minimum atomic E-state index is 0.332. The zero-order chi connectivity index (χ0) is 10.7. The number of rotatable bonds is 4. The number of nitrogens with one attached hydrogen (secondary N) is 1. The van der Waals surface area contributed by atoms with E-state index in [4.69, 9.17) is 21.1 Å². The van der Waals surface area contributed by atoms with Gasteiger partial charge in [0.1, 0.15) is 0 Å². The first-order chi connectivity index (χ1) is 7.31. The van der Waals surface area contributed by atoms with Gasteiger partial charge < -0.3 is 14.8 Å². The molecule has 82 valence electrons. The van der Waals surface area contributed by atoms with Crippen LogP contribution in [-0.2, 0) is 6.42 Å². The van der Waals surface area contributed by atoms with Crippen molar-refractivity contribution in [2.45, 2.75) is 13.3 Å². The third-order valence-corrected chi connectivity index (χ3v) is 2.69. The Bertz CT molecular complexity index is 355. The smallest absolute Gasteiger partial charge is 0.231 e. The second kappa shape index (κ2) is 4.73. The van der Waals surface area contributed by atoms with Crippen LogP contribution in [0.25, 0.3) is 0 Å². The van der Waals surface area contributed by atoms with E-state index in [1.807, 2.05) is 12.1 Å². The van der Waals surface area contributed by atoms with E-state index < -0.39 is 0 Å². The predicted octanol–water partition coefficient (Wildman–Crippen LogP) is 2.05. The van der Waals surface area contributed by atoms with Gasteiger partial charge >= 0.3 is 0 Å². The lowest BCUT2D eigenvalue weighted by Crippen LogP contribution is -2.15. The van der Waals surface area contributed by atoms with Crippen molar-refractivity contribution in [1.82, 2.24) is 5.32 Å². The van der Waals surface area contributed by atoms with Crippen molar-refractivity contribution in [2.24, 2.45) is 0 Å². The van der Waals surface area contributed by atoms with Crippen molar-refractivity contribution in [2.75, 3.05) is 19.3 Å². The van der Waals surface area contributed by atoms with Crippen molar-refractivity contribution >= 4 is 11.6 Å². The highest BCUT2D eigenvalue weighted by molar-refractivity contribution is 6.17. The molecule has 0 fully saturated rings. The molecule has 0 aromatic heterocycles. The third-order valence-electron chi connectivity index (χ3n) is 2.50. The fourth-order valence-electron chi connectivity index (χ4n) is 1.64. The molecule has 3 nitrogen and oxygen atoms in total. The van der Waals surface area contributed by atoms with Crippen molar-refractivity contribution < 1.29 is 9.47 Å². The lowest BCUT2D eigenvalue weighted by Gasteiger charge is -2.07. The maximum absolute atomic E-state index is 5.55. The summed E-state index contributed by atoms with van der Waals surface area (Å²) in [7, 11) is 0. The molecule has 15 heavy (non-hydrogen) atoms. The Hall–Kier alpha value is -0.930. The highest BCUT2D eigenvalue weighted by atomic mass is 35.5. The quantitative estimate of drug-likeness (QED) is 0.485. The summed E-state index contributed by atoms with van der Waals surface area (Å²) in [4.78, 5) is 0. The molecule has 0 spiro atoms. The topological polar surface area (TPSA) is 30.5 Å². The minimum absolute atomic E-state index is 0.332. The number of benzene rings is 1. The Balaban J connectivity index is 2.10. The van der Waals surface area contributed by atoms with Gasteiger partial charge in [-0.15, -0.1) is 11.6 Å². The fraction of sp³-hybridized carbons (Fsp3) is 0.455. The van der Waals surface area contributed by atoms with Crippen LogP contribution in [0.3, 0.4) is 0 Å². The van der Waals surface area contributed by atoms with Gasteiger partial charge in [-0.05, 0) is 36.6 Å². The molecular formula is C11H14ClNO2. The highest BCUT2D eigenvalue weighted by Crippen LogP contribution is 2.34. The summed E-state index contributed by atoms with van der Waals surface area (Å²) in [6, 6.07) is 4.57. The van der Waals surface area contributed by atoms with Crippen molar-refractivity contribution in [3.05, 3.63) is 23.3 Å². The number of fused-ring (bicyclic) bond motifs is 1. The van der Waals surface area contributed by atoms with Crippen LogP contribution in [0.2, 0.25) is 0 Å². The summed E-state index contributed by atoms with van der Waals surface area (Å²) in [5.74, 6) is 1.70. The Morgan fingerprint density at radius 3 is 2.80 bits per heavy atom. The lowest BCUT2D eigenvalue weighted by molar-refractivity contribution is 0.174. The number of hydrogen-bond donors (Lipinski definition) is 1. The van der Waals surface area contributed by atoms with Crippen LogP contribution in [0.15, 0.2) is 12.1 Å². The van der Waals surface area contributed by atoms with Gasteiger partial charge in [0.15, 0.2) is 11.5 Å². The Morgan fingerprint density at radius 1 is 1.33 bits per heavy atom. The van der Waals surface area contributed by atoms with E-state index >= 15 is 0 Å². The number of ether oxygens (including phenoxy) is 2. The number of alkyl halides is 1. The summed E-state index contributed by atoms with van der Waals surface area (Å²) in [6.07, 6.45) is 0.954. The molecule has 0 atom stereocenters. The van der Waals surface area contributed by atoms with Crippen LogP contribution >= 0.6 is 11.6 Å². The van der Waals surface area contributed by atoms with Crippen molar-refractivity contribution in [3.8, 4) is 11.5 Å². The monoisotopic (exact) mass is 227 g/mol. The molecule has 0 amide bonds. The van der Waals surface area contributed by atoms with Gasteiger partial charge in [-0.1, -0.05) is 0 Å². The number of halogens is 1. The average Bonchev–Trinajstić information content (AvgIpc) is 2.65. The average molecular weight is 228 g/mol. The van der Waals surface area contributed by atoms with Gasteiger partial charge in [0.25, 0.3) is 0 Å². The first-order valence-corrected chi connectivity index (χ1v) is 5.50. The van der Waals surface area contributed by atoms with Crippen LogP contribution in [0.5, 0.6) is 11.5 Å². The van der Waals surface area contributed by atoms with E-state index in [2.05, 4.69) is 12.2 Å². The molecule has 0 saturated heterocycles. The molecule has 2 rings (SSSR count). The zero-order valence-corrected chi connectivity index (χ0v) is 9.43. The van der Waals surface area contributed by atoms with Crippen molar-refractivity contribution in [1.29, 1.82) is 0 Å². The van der Waals surface area contributed by atoms with Gasteiger partial charge in [-0.25, -0.2) is 0 Å². The lowest BCUT2D eigenvalue weighted by atomic mass is 10.0.